The zero-order valence-electron chi connectivity index (χ0n) is 23.4. The third kappa shape index (κ3) is 10.9. The van der Waals surface area contributed by atoms with Crippen molar-refractivity contribution in [2.75, 3.05) is 0 Å². The SMILES string of the molecule is CC(=O)[O-].CC(=O)[O-].CC(C)Oc1ccc(COc2ccc3c(c2)c(Cl)c2n3CC[C@@H]2CC(=O)O)cc1C(F)(F)F.[Ca+2]. The zero-order valence-corrected chi connectivity index (χ0v) is 26.4. The fourth-order valence-corrected chi connectivity index (χ4v) is 4.69. The Morgan fingerprint density at radius 2 is 1.69 bits per heavy atom. The van der Waals surface area contributed by atoms with Crippen LogP contribution in [0.5, 0.6) is 11.5 Å². The number of nitrogens with zero attached hydrogens (tertiary/aromatic N) is 1. The van der Waals surface area contributed by atoms with Crippen LogP contribution in [0.4, 0.5) is 13.2 Å². The standard InChI is InChI=1S/C24H23ClF3NO4.2C2H4O2.Ca/c1-13(2)33-20-6-3-14(9-18(20)24(26,27)28)12-32-16-4-5-19-17(11-16)22(25)23-15(10-21(30)31)7-8-29(19)23;2*1-2(3)4;/h3-6,9,11,13,15H,7-8,10,12H2,1-2H3,(H,30,31);2*1H3,(H,3,4);/q;;;+2/p-2/t15-;;;/m1.../s1. The van der Waals surface area contributed by atoms with Crippen molar-refractivity contribution in [1.29, 1.82) is 0 Å². The van der Waals surface area contributed by atoms with Crippen molar-refractivity contribution in [3.63, 3.8) is 0 Å². The van der Waals surface area contributed by atoms with E-state index in [1.807, 2.05) is 10.6 Å². The first-order valence-corrected chi connectivity index (χ1v) is 12.8. The van der Waals surface area contributed by atoms with Crippen molar-refractivity contribution in [3.05, 3.63) is 58.2 Å². The molecule has 1 aliphatic heterocycles. The molecule has 14 heteroatoms. The van der Waals surface area contributed by atoms with Gasteiger partial charge in [-0.05, 0) is 70.0 Å². The van der Waals surface area contributed by atoms with Gasteiger partial charge in [-0.1, -0.05) is 17.7 Å². The van der Waals surface area contributed by atoms with Gasteiger partial charge in [0.25, 0.3) is 0 Å². The Bertz CT molecular complexity index is 1390. The molecule has 0 spiro atoms. The molecule has 0 saturated heterocycles. The maximum Gasteiger partial charge on any atom is 2.00 e. The van der Waals surface area contributed by atoms with Gasteiger partial charge >= 0.3 is 49.9 Å². The summed E-state index contributed by atoms with van der Waals surface area (Å²) in [6.07, 6.45) is -4.21. The summed E-state index contributed by atoms with van der Waals surface area (Å²) in [5.74, 6) is -2.95. The van der Waals surface area contributed by atoms with Crippen LogP contribution in [0.1, 0.15) is 63.3 Å². The van der Waals surface area contributed by atoms with Crippen LogP contribution < -0.4 is 19.7 Å². The molecule has 0 amide bonds. The molecule has 4 rings (SSSR count). The average Bonchev–Trinajstić information content (AvgIpc) is 3.35. The van der Waals surface area contributed by atoms with Gasteiger partial charge in [0.15, 0.2) is 0 Å². The average molecular weight is 640 g/mol. The monoisotopic (exact) mass is 639 g/mol. The number of aliphatic carboxylic acids is 3. The van der Waals surface area contributed by atoms with Gasteiger partial charge in [-0.15, -0.1) is 0 Å². The number of benzene rings is 2. The molecule has 0 unspecified atom stereocenters. The molecular weight excluding hydrogens is 611 g/mol. The van der Waals surface area contributed by atoms with Gasteiger partial charge < -0.3 is 38.9 Å². The molecule has 2 heterocycles. The number of carboxylic acid groups (broad SMARTS) is 3. The number of carbonyl (C=O) groups excluding carboxylic acids is 2. The fraction of sp³-hybridized carbons (Fsp3) is 0.393. The minimum Gasteiger partial charge on any atom is -0.550 e. The van der Waals surface area contributed by atoms with E-state index in [-0.39, 0.29) is 68.5 Å². The summed E-state index contributed by atoms with van der Waals surface area (Å²) in [5, 5.41) is 28.2. The van der Waals surface area contributed by atoms with Crippen LogP contribution in [0.3, 0.4) is 0 Å². The first-order valence-electron chi connectivity index (χ1n) is 12.4. The molecule has 9 nitrogen and oxygen atoms in total. The van der Waals surface area contributed by atoms with Crippen LogP contribution in [0.2, 0.25) is 5.02 Å². The summed E-state index contributed by atoms with van der Waals surface area (Å²) in [6, 6.07) is 9.19. The van der Waals surface area contributed by atoms with Crippen LogP contribution in [-0.4, -0.2) is 71.4 Å². The molecule has 1 atom stereocenters. The van der Waals surface area contributed by atoms with Crippen molar-refractivity contribution in [2.24, 2.45) is 0 Å². The smallest absolute Gasteiger partial charge is 0.550 e. The normalized spacial score (nSPS) is 13.6. The second-order valence-electron chi connectivity index (χ2n) is 9.38. The molecule has 42 heavy (non-hydrogen) atoms. The Morgan fingerprint density at radius 1 is 1.10 bits per heavy atom. The second kappa shape index (κ2) is 16.3. The summed E-state index contributed by atoms with van der Waals surface area (Å²) >= 11 is 6.59. The molecule has 0 fully saturated rings. The topological polar surface area (TPSA) is 141 Å². The third-order valence-corrected chi connectivity index (χ3v) is 6.03. The van der Waals surface area contributed by atoms with Gasteiger partial charge in [0.1, 0.15) is 18.1 Å². The number of hydrogen-bond donors (Lipinski definition) is 1. The first kappa shape index (κ1) is 37.4. The molecule has 0 radical (unpaired) electrons. The van der Waals surface area contributed by atoms with E-state index >= 15 is 0 Å². The number of ether oxygens (including phenoxy) is 2. The number of carbonyl (C=O) groups is 3. The van der Waals surface area contributed by atoms with E-state index in [9.17, 15) is 18.0 Å². The summed E-state index contributed by atoms with van der Waals surface area (Å²) < 4.78 is 53.5. The Balaban J connectivity index is 0.000000873. The maximum absolute atomic E-state index is 13.5. The minimum absolute atomic E-state index is 0. The van der Waals surface area contributed by atoms with E-state index in [1.54, 1.807) is 32.0 Å². The molecule has 224 valence electrons. The van der Waals surface area contributed by atoms with Crippen molar-refractivity contribution >= 4 is 78.2 Å². The van der Waals surface area contributed by atoms with Crippen LogP contribution in [-0.2, 0) is 33.7 Å². The second-order valence-corrected chi connectivity index (χ2v) is 9.76. The van der Waals surface area contributed by atoms with Gasteiger partial charge in [-0.25, -0.2) is 0 Å². The van der Waals surface area contributed by atoms with E-state index in [1.165, 1.54) is 6.07 Å². The Hall–Kier alpha value is -2.67. The van der Waals surface area contributed by atoms with E-state index in [0.29, 0.717) is 29.3 Å². The summed E-state index contributed by atoms with van der Waals surface area (Å²) in [6.45, 7) is 5.89. The van der Waals surface area contributed by atoms with Gasteiger partial charge in [-0.3, -0.25) is 4.79 Å². The van der Waals surface area contributed by atoms with Gasteiger partial charge in [-0.2, -0.15) is 13.2 Å². The Labute approximate surface area is 275 Å². The molecule has 1 N–H and O–H groups in total. The molecule has 0 bridgehead atoms. The number of halogens is 4. The van der Waals surface area contributed by atoms with E-state index in [4.69, 9.17) is 46.0 Å². The van der Waals surface area contributed by atoms with Crippen molar-refractivity contribution in [2.45, 2.75) is 71.9 Å². The van der Waals surface area contributed by atoms with Crippen molar-refractivity contribution < 1.29 is 52.3 Å². The van der Waals surface area contributed by atoms with Crippen LogP contribution >= 0.6 is 11.6 Å². The Kier molecular flexibility index (Phi) is 14.5. The summed E-state index contributed by atoms with van der Waals surface area (Å²) in [5.41, 5.74) is 1.20. The molecule has 1 aliphatic rings. The quantitative estimate of drug-likeness (QED) is 0.385. The first-order chi connectivity index (χ1) is 19.0. The van der Waals surface area contributed by atoms with Gasteiger partial charge in [0, 0.05) is 35.5 Å². The number of aromatic nitrogens is 1. The minimum atomic E-state index is -4.55. The van der Waals surface area contributed by atoms with Crippen molar-refractivity contribution in [3.8, 4) is 11.5 Å². The summed E-state index contributed by atoms with van der Waals surface area (Å²) in [4.78, 5) is 29.0. The van der Waals surface area contributed by atoms with E-state index in [2.05, 4.69) is 0 Å². The predicted molar refractivity (Wildman–Crippen MR) is 145 cm³/mol. The number of fused-ring (bicyclic) bond motifs is 3. The number of aryl methyl sites for hydroxylation is 1. The molecular formula is C28H29CaClF3NO8. The number of hydrogen-bond acceptors (Lipinski definition) is 7. The largest absolute Gasteiger partial charge is 2.00 e. The fourth-order valence-electron chi connectivity index (χ4n) is 4.29. The van der Waals surface area contributed by atoms with E-state index < -0.39 is 29.6 Å². The number of carboxylic acids is 3. The summed E-state index contributed by atoms with van der Waals surface area (Å²) in [7, 11) is 0. The molecule has 0 saturated carbocycles. The maximum atomic E-state index is 13.5. The number of alkyl halides is 3. The number of rotatable bonds is 7. The van der Waals surface area contributed by atoms with E-state index in [0.717, 1.165) is 36.5 Å². The molecule has 3 aromatic rings. The zero-order chi connectivity index (χ0) is 31.1. The third-order valence-electron chi connectivity index (χ3n) is 5.64. The van der Waals surface area contributed by atoms with Crippen molar-refractivity contribution in [1.82, 2.24) is 4.57 Å². The molecule has 0 aliphatic carbocycles. The molecule has 2 aromatic carbocycles. The van der Waals surface area contributed by atoms with Gasteiger partial charge in [0.05, 0.1) is 28.6 Å². The predicted octanol–water partition coefficient (Wildman–Crippen LogP) is 3.77. The van der Waals surface area contributed by atoms with Gasteiger partial charge in [0.2, 0.25) is 0 Å². The van der Waals surface area contributed by atoms with Crippen LogP contribution in [0.25, 0.3) is 10.9 Å². The van der Waals surface area contributed by atoms with Crippen LogP contribution in [0, 0.1) is 0 Å². The Morgan fingerprint density at radius 3 is 2.21 bits per heavy atom. The van der Waals surface area contributed by atoms with Crippen LogP contribution in [0.15, 0.2) is 36.4 Å². The molecule has 1 aromatic heterocycles.